The molecule has 0 aliphatic carbocycles. The van der Waals surface area contributed by atoms with Crippen molar-refractivity contribution in [2.45, 2.75) is 6.42 Å². The number of aromatic nitrogens is 4. The van der Waals surface area contributed by atoms with Gasteiger partial charge in [0.05, 0.1) is 12.1 Å². The third kappa shape index (κ3) is 3.40. The van der Waals surface area contributed by atoms with Crippen LogP contribution in [0, 0.1) is 17.5 Å². The van der Waals surface area contributed by atoms with E-state index in [1.54, 1.807) is 24.3 Å². The lowest BCUT2D eigenvalue weighted by atomic mass is 10.1. The van der Waals surface area contributed by atoms with Gasteiger partial charge in [0.2, 0.25) is 5.91 Å². The molecular weight excluding hydrogens is 323 g/mol. The van der Waals surface area contributed by atoms with Gasteiger partial charge in [-0.2, -0.15) is 0 Å². The average molecular weight is 333 g/mol. The number of hydrogen-bond donors (Lipinski definition) is 1. The van der Waals surface area contributed by atoms with Gasteiger partial charge in [0.15, 0.2) is 17.5 Å². The lowest BCUT2D eigenvalue weighted by Crippen LogP contribution is -2.15. The first-order valence-electron chi connectivity index (χ1n) is 6.79. The summed E-state index contributed by atoms with van der Waals surface area (Å²) in [7, 11) is 0. The van der Waals surface area contributed by atoms with Gasteiger partial charge in [-0.3, -0.25) is 4.79 Å². The van der Waals surface area contributed by atoms with Crippen LogP contribution in [0.15, 0.2) is 42.7 Å². The van der Waals surface area contributed by atoms with E-state index in [9.17, 15) is 18.0 Å². The fourth-order valence-electron chi connectivity index (χ4n) is 2.06. The normalized spacial score (nSPS) is 10.6. The third-order valence-corrected chi connectivity index (χ3v) is 3.18. The van der Waals surface area contributed by atoms with Gasteiger partial charge in [-0.25, -0.2) is 17.9 Å². The van der Waals surface area contributed by atoms with E-state index in [1.165, 1.54) is 11.0 Å². The van der Waals surface area contributed by atoms with Gasteiger partial charge >= 0.3 is 0 Å². The molecule has 0 aliphatic rings. The van der Waals surface area contributed by atoms with E-state index in [2.05, 4.69) is 20.8 Å². The molecule has 0 saturated heterocycles. The molecule has 122 valence electrons. The summed E-state index contributed by atoms with van der Waals surface area (Å²) in [6.07, 6.45) is 1.41. The Hall–Kier alpha value is -3.23. The molecule has 0 saturated carbocycles. The second kappa shape index (κ2) is 6.49. The predicted octanol–water partition coefficient (Wildman–Crippen LogP) is 2.26. The first kappa shape index (κ1) is 15.7. The van der Waals surface area contributed by atoms with Gasteiger partial charge in [0.25, 0.3) is 0 Å². The Morgan fingerprint density at radius 2 is 1.75 bits per heavy atom. The number of rotatable bonds is 4. The maximum atomic E-state index is 13.1. The van der Waals surface area contributed by atoms with Crippen molar-refractivity contribution in [3.05, 3.63) is 65.7 Å². The van der Waals surface area contributed by atoms with E-state index in [-0.39, 0.29) is 12.1 Å². The van der Waals surface area contributed by atoms with Crippen LogP contribution >= 0.6 is 0 Å². The summed E-state index contributed by atoms with van der Waals surface area (Å²) in [6.45, 7) is 0. The largest absolute Gasteiger partial charge is 0.326 e. The quantitative estimate of drug-likeness (QED) is 0.744. The van der Waals surface area contributed by atoms with Crippen LogP contribution in [0.25, 0.3) is 5.69 Å². The van der Waals surface area contributed by atoms with E-state index < -0.39 is 23.4 Å². The minimum atomic E-state index is -1.58. The van der Waals surface area contributed by atoms with Crippen molar-refractivity contribution in [3.8, 4) is 5.69 Å². The highest BCUT2D eigenvalue weighted by atomic mass is 19.2. The van der Waals surface area contributed by atoms with Crippen LogP contribution in [0.3, 0.4) is 0 Å². The summed E-state index contributed by atoms with van der Waals surface area (Å²) in [6, 6.07) is 8.27. The minimum absolute atomic E-state index is 0.0174. The van der Waals surface area contributed by atoms with Crippen molar-refractivity contribution in [1.82, 2.24) is 20.2 Å². The third-order valence-electron chi connectivity index (χ3n) is 3.18. The lowest BCUT2D eigenvalue weighted by Gasteiger charge is -2.07. The molecule has 9 heteroatoms. The maximum absolute atomic E-state index is 13.1. The van der Waals surface area contributed by atoms with Gasteiger partial charge in [-0.1, -0.05) is 12.1 Å². The number of carbonyl (C=O) groups is 1. The van der Waals surface area contributed by atoms with Gasteiger partial charge in [0, 0.05) is 17.8 Å². The molecule has 0 spiro atoms. The summed E-state index contributed by atoms with van der Waals surface area (Å²) in [5.74, 6) is -4.80. The van der Waals surface area contributed by atoms with E-state index >= 15 is 0 Å². The fraction of sp³-hybridized carbons (Fsp3) is 0.0667. The zero-order chi connectivity index (χ0) is 17.1. The Kier molecular flexibility index (Phi) is 4.23. The Morgan fingerprint density at radius 3 is 2.33 bits per heavy atom. The molecule has 0 unspecified atom stereocenters. The number of halogens is 3. The number of hydrogen-bond acceptors (Lipinski definition) is 4. The Bertz CT molecular complexity index is 842. The van der Waals surface area contributed by atoms with E-state index in [0.717, 1.165) is 12.1 Å². The summed E-state index contributed by atoms with van der Waals surface area (Å²) >= 11 is 0. The summed E-state index contributed by atoms with van der Waals surface area (Å²) in [5.41, 5.74) is 1.24. The SMILES string of the molecule is O=C(Cc1ccc(-n2cnnn2)cc1)Nc1cc(F)c(F)c(F)c1. The van der Waals surface area contributed by atoms with Crippen molar-refractivity contribution in [2.24, 2.45) is 0 Å². The standard InChI is InChI=1S/C15H10F3N5O/c16-12-6-10(7-13(17)15(12)18)20-14(24)5-9-1-3-11(4-2-9)23-8-19-21-22-23/h1-4,6-8H,5H2,(H,20,24). The summed E-state index contributed by atoms with van der Waals surface area (Å²) < 4.78 is 40.5. The van der Waals surface area contributed by atoms with Crippen molar-refractivity contribution >= 4 is 11.6 Å². The number of benzene rings is 2. The molecule has 3 aromatic rings. The molecule has 0 radical (unpaired) electrons. The van der Waals surface area contributed by atoms with Gasteiger partial charge < -0.3 is 5.32 Å². The van der Waals surface area contributed by atoms with Crippen LogP contribution in [0.5, 0.6) is 0 Å². The number of nitrogens with one attached hydrogen (secondary N) is 1. The molecule has 2 aromatic carbocycles. The van der Waals surface area contributed by atoms with Gasteiger partial charge in [-0.15, -0.1) is 5.10 Å². The van der Waals surface area contributed by atoms with Crippen LogP contribution in [0.1, 0.15) is 5.56 Å². The molecule has 1 N–H and O–H groups in total. The highest BCUT2D eigenvalue weighted by Crippen LogP contribution is 2.17. The van der Waals surface area contributed by atoms with Crippen molar-refractivity contribution < 1.29 is 18.0 Å². The van der Waals surface area contributed by atoms with E-state index in [0.29, 0.717) is 11.3 Å². The molecule has 3 rings (SSSR count). The molecule has 1 aromatic heterocycles. The van der Waals surface area contributed by atoms with Crippen molar-refractivity contribution in [3.63, 3.8) is 0 Å². The molecule has 0 aliphatic heterocycles. The van der Waals surface area contributed by atoms with Crippen LogP contribution < -0.4 is 5.32 Å². The smallest absolute Gasteiger partial charge is 0.228 e. The number of nitrogens with zero attached hydrogens (tertiary/aromatic N) is 4. The summed E-state index contributed by atoms with van der Waals surface area (Å²) in [4.78, 5) is 11.9. The molecular formula is C15H10F3N5O. The zero-order valence-electron chi connectivity index (χ0n) is 12.1. The lowest BCUT2D eigenvalue weighted by molar-refractivity contribution is -0.115. The van der Waals surface area contributed by atoms with Gasteiger partial charge in [-0.05, 0) is 28.1 Å². The maximum Gasteiger partial charge on any atom is 0.228 e. The minimum Gasteiger partial charge on any atom is -0.326 e. The predicted molar refractivity (Wildman–Crippen MR) is 77.8 cm³/mol. The Labute approximate surface area is 133 Å². The highest BCUT2D eigenvalue weighted by Gasteiger charge is 2.12. The first-order chi connectivity index (χ1) is 11.5. The number of carbonyl (C=O) groups excluding carboxylic acids is 1. The van der Waals surface area contributed by atoms with Crippen LogP contribution in [0.2, 0.25) is 0 Å². The molecule has 24 heavy (non-hydrogen) atoms. The Balaban J connectivity index is 1.67. The second-order valence-corrected chi connectivity index (χ2v) is 4.90. The average Bonchev–Trinajstić information content (AvgIpc) is 3.07. The topological polar surface area (TPSA) is 72.7 Å². The van der Waals surface area contributed by atoms with Crippen LogP contribution in [0.4, 0.5) is 18.9 Å². The number of amides is 1. The zero-order valence-corrected chi connectivity index (χ0v) is 12.1. The summed E-state index contributed by atoms with van der Waals surface area (Å²) in [5, 5.41) is 13.1. The first-order valence-corrected chi connectivity index (χ1v) is 6.79. The molecule has 0 bridgehead atoms. The highest BCUT2D eigenvalue weighted by molar-refractivity contribution is 5.92. The van der Waals surface area contributed by atoms with Gasteiger partial charge in [0.1, 0.15) is 6.33 Å². The second-order valence-electron chi connectivity index (χ2n) is 4.90. The van der Waals surface area contributed by atoms with Crippen LogP contribution in [-0.4, -0.2) is 26.1 Å². The van der Waals surface area contributed by atoms with Crippen LogP contribution in [-0.2, 0) is 11.2 Å². The molecule has 0 atom stereocenters. The van der Waals surface area contributed by atoms with E-state index in [4.69, 9.17) is 0 Å². The fourth-order valence-corrected chi connectivity index (χ4v) is 2.06. The molecule has 6 nitrogen and oxygen atoms in total. The monoisotopic (exact) mass is 333 g/mol. The Morgan fingerprint density at radius 1 is 1.08 bits per heavy atom. The van der Waals surface area contributed by atoms with Crippen molar-refractivity contribution in [1.29, 1.82) is 0 Å². The molecule has 1 amide bonds. The number of tetrazole rings is 1. The van der Waals surface area contributed by atoms with E-state index in [1.807, 2.05) is 0 Å². The molecule has 0 fully saturated rings. The molecule has 1 heterocycles. The number of anilines is 1. The van der Waals surface area contributed by atoms with Crippen molar-refractivity contribution in [2.75, 3.05) is 5.32 Å².